The number of nitrogens with zero attached hydrogens (tertiary/aromatic N) is 1. The van der Waals surface area contributed by atoms with Crippen LogP contribution in [-0.2, 0) is 0 Å². The molecule has 0 aromatic rings. The van der Waals surface area contributed by atoms with Crippen LogP contribution < -0.4 is 0 Å². The summed E-state index contributed by atoms with van der Waals surface area (Å²) in [5, 5.41) is 8.96. The van der Waals surface area contributed by atoms with E-state index >= 15 is 0 Å². The van der Waals surface area contributed by atoms with E-state index in [1.807, 2.05) is 0 Å². The van der Waals surface area contributed by atoms with Gasteiger partial charge in [-0.25, -0.2) is 0 Å². The fraction of sp³-hybridized carbons (Fsp3) is 1.00. The number of likely N-dealkylation sites (N-methyl/N-ethyl adjacent to an activating group) is 1. The Labute approximate surface area is 80.9 Å². The van der Waals surface area contributed by atoms with Crippen LogP contribution in [0.15, 0.2) is 0 Å². The molecule has 2 heteroatoms. The normalized spacial score (nSPS) is 37.6. The lowest BCUT2D eigenvalue weighted by molar-refractivity contribution is 0.0834. The van der Waals surface area contributed by atoms with Crippen LogP contribution in [-0.4, -0.2) is 35.7 Å². The van der Waals surface area contributed by atoms with Crippen molar-refractivity contribution in [1.82, 2.24) is 4.90 Å². The van der Waals surface area contributed by atoms with Crippen LogP contribution in [0.3, 0.4) is 0 Å². The maximum atomic E-state index is 8.96. The minimum absolute atomic E-state index is 0.321. The quantitative estimate of drug-likeness (QED) is 0.714. The van der Waals surface area contributed by atoms with Crippen LogP contribution in [0, 0.1) is 11.8 Å². The second kappa shape index (κ2) is 3.97. The molecule has 2 aliphatic carbocycles. The maximum Gasteiger partial charge on any atom is 0.0558 e. The molecule has 2 fully saturated rings. The first-order valence-corrected chi connectivity index (χ1v) is 5.71. The molecule has 2 nitrogen and oxygen atoms in total. The number of hydrogen-bond donors (Lipinski definition) is 1. The minimum atomic E-state index is 0.321. The highest BCUT2D eigenvalue weighted by Crippen LogP contribution is 2.48. The standard InChI is InChI=1S/C11H21NO/c1-2-12(7-8-13)11-6-4-9-3-5-10(9)11/h9-11,13H,2-8H2,1H3. The molecule has 2 aliphatic rings. The van der Waals surface area contributed by atoms with Crippen molar-refractivity contribution in [2.75, 3.05) is 19.7 Å². The van der Waals surface area contributed by atoms with Gasteiger partial charge in [-0.1, -0.05) is 6.92 Å². The Bertz CT molecular complexity index is 171. The predicted octanol–water partition coefficient (Wildman–Crippen LogP) is 1.49. The van der Waals surface area contributed by atoms with E-state index in [2.05, 4.69) is 11.8 Å². The smallest absolute Gasteiger partial charge is 0.0558 e. The Balaban J connectivity index is 1.90. The summed E-state index contributed by atoms with van der Waals surface area (Å²) < 4.78 is 0. The zero-order valence-corrected chi connectivity index (χ0v) is 8.58. The average molecular weight is 183 g/mol. The monoisotopic (exact) mass is 183 g/mol. The summed E-state index contributed by atoms with van der Waals surface area (Å²) in [4.78, 5) is 2.48. The van der Waals surface area contributed by atoms with Gasteiger partial charge in [0.05, 0.1) is 6.61 Å². The Morgan fingerprint density at radius 2 is 2.00 bits per heavy atom. The summed E-state index contributed by atoms with van der Waals surface area (Å²) in [6.45, 7) is 4.52. The Morgan fingerprint density at radius 3 is 2.46 bits per heavy atom. The molecule has 2 saturated carbocycles. The van der Waals surface area contributed by atoms with E-state index < -0.39 is 0 Å². The fourth-order valence-corrected chi connectivity index (χ4v) is 3.20. The molecule has 0 saturated heterocycles. The van der Waals surface area contributed by atoms with E-state index in [0.717, 1.165) is 31.0 Å². The summed E-state index contributed by atoms with van der Waals surface area (Å²) in [6, 6.07) is 0.802. The molecule has 2 rings (SSSR count). The number of hydrogen-bond acceptors (Lipinski definition) is 2. The molecule has 1 N–H and O–H groups in total. The third-order valence-corrected chi connectivity index (χ3v) is 4.07. The number of aliphatic hydroxyl groups excluding tert-OH is 1. The van der Waals surface area contributed by atoms with Crippen molar-refractivity contribution < 1.29 is 5.11 Å². The summed E-state index contributed by atoms with van der Waals surface area (Å²) in [7, 11) is 0. The van der Waals surface area contributed by atoms with Gasteiger partial charge in [0, 0.05) is 12.6 Å². The van der Waals surface area contributed by atoms with Gasteiger partial charge in [-0.05, 0) is 44.1 Å². The SMILES string of the molecule is CCN(CCO)C1CCC2CCC21. The molecular formula is C11H21NO. The van der Waals surface area contributed by atoms with Gasteiger partial charge < -0.3 is 5.11 Å². The lowest BCUT2D eigenvalue weighted by Gasteiger charge is -2.39. The van der Waals surface area contributed by atoms with Gasteiger partial charge in [0.2, 0.25) is 0 Å². The molecule has 3 unspecified atom stereocenters. The third kappa shape index (κ3) is 1.62. The van der Waals surface area contributed by atoms with E-state index in [4.69, 9.17) is 5.11 Å². The third-order valence-electron chi connectivity index (χ3n) is 4.07. The first-order valence-electron chi connectivity index (χ1n) is 5.71. The highest BCUT2D eigenvalue weighted by Gasteiger charge is 2.43. The highest BCUT2D eigenvalue weighted by atomic mass is 16.3. The number of fused-ring (bicyclic) bond motifs is 1. The maximum absolute atomic E-state index is 8.96. The molecular weight excluding hydrogens is 162 g/mol. The lowest BCUT2D eigenvalue weighted by atomic mass is 9.74. The Hall–Kier alpha value is -0.0800. The van der Waals surface area contributed by atoms with Gasteiger partial charge in [0.15, 0.2) is 0 Å². The number of rotatable bonds is 4. The van der Waals surface area contributed by atoms with Crippen molar-refractivity contribution in [3.63, 3.8) is 0 Å². The second-order valence-corrected chi connectivity index (χ2v) is 4.50. The molecule has 0 amide bonds. The van der Waals surface area contributed by atoms with Gasteiger partial charge in [-0.15, -0.1) is 0 Å². The zero-order chi connectivity index (χ0) is 9.26. The van der Waals surface area contributed by atoms with Crippen molar-refractivity contribution in [3.05, 3.63) is 0 Å². The second-order valence-electron chi connectivity index (χ2n) is 4.50. The van der Waals surface area contributed by atoms with Crippen molar-refractivity contribution in [1.29, 1.82) is 0 Å². The van der Waals surface area contributed by atoms with Crippen LogP contribution in [0.5, 0.6) is 0 Å². The Kier molecular flexibility index (Phi) is 2.89. The fourth-order valence-electron chi connectivity index (χ4n) is 3.20. The van der Waals surface area contributed by atoms with Crippen LogP contribution in [0.1, 0.15) is 32.6 Å². The van der Waals surface area contributed by atoms with Gasteiger partial charge in [-0.2, -0.15) is 0 Å². The van der Waals surface area contributed by atoms with Crippen molar-refractivity contribution in [2.45, 2.75) is 38.6 Å². The highest BCUT2D eigenvalue weighted by molar-refractivity contribution is 4.96. The van der Waals surface area contributed by atoms with Gasteiger partial charge in [-0.3, -0.25) is 4.90 Å². The molecule has 13 heavy (non-hydrogen) atoms. The molecule has 0 heterocycles. The van der Waals surface area contributed by atoms with Crippen LogP contribution >= 0.6 is 0 Å². The molecule has 0 aromatic heterocycles. The van der Waals surface area contributed by atoms with E-state index in [1.165, 1.54) is 25.7 Å². The summed E-state index contributed by atoms with van der Waals surface area (Å²) >= 11 is 0. The number of aliphatic hydroxyl groups is 1. The molecule has 0 bridgehead atoms. The van der Waals surface area contributed by atoms with Gasteiger partial charge >= 0.3 is 0 Å². The predicted molar refractivity (Wildman–Crippen MR) is 53.6 cm³/mol. The average Bonchev–Trinajstić information content (AvgIpc) is 2.37. The van der Waals surface area contributed by atoms with Gasteiger partial charge in [0.1, 0.15) is 0 Å². The summed E-state index contributed by atoms with van der Waals surface area (Å²) in [6.07, 6.45) is 5.73. The minimum Gasteiger partial charge on any atom is -0.395 e. The van der Waals surface area contributed by atoms with Gasteiger partial charge in [0.25, 0.3) is 0 Å². The first kappa shape index (κ1) is 9.47. The summed E-state index contributed by atoms with van der Waals surface area (Å²) in [5.41, 5.74) is 0. The van der Waals surface area contributed by atoms with Crippen molar-refractivity contribution >= 4 is 0 Å². The molecule has 76 valence electrons. The lowest BCUT2D eigenvalue weighted by Crippen LogP contribution is -2.43. The topological polar surface area (TPSA) is 23.5 Å². The van der Waals surface area contributed by atoms with Crippen molar-refractivity contribution in [2.24, 2.45) is 11.8 Å². The van der Waals surface area contributed by atoms with E-state index in [1.54, 1.807) is 0 Å². The van der Waals surface area contributed by atoms with E-state index in [-0.39, 0.29) is 0 Å². The first-order chi connectivity index (χ1) is 6.36. The Morgan fingerprint density at radius 1 is 1.23 bits per heavy atom. The molecule has 0 aromatic carbocycles. The zero-order valence-electron chi connectivity index (χ0n) is 8.58. The van der Waals surface area contributed by atoms with Crippen LogP contribution in [0.2, 0.25) is 0 Å². The molecule has 0 radical (unpaired) electrons. The molecule has 0 spiro atoms. The largest absolute Gasteiger partial charge is 0.395 e. The molecule has 3 atom stereocenters. The molecule has 0 aliphatic heterocycles. The summed E-state index contributed by atoms with van der Waals surface area (Å²) in [5.74, 6) is 2.02. The van der Waals surface area contributed by atoms with Crippen molar-refractivity contribution in [3.8, 4) is 0 Å². The van der Waals surface area contributed by atoms with E-state index in [9.17, 15) is 0 Å². The van der Waals surface area contributed by atoms with Crippen LogP contribution in [0.4, 0.5) is 0 Å². The van der Waals surface area contributed by atoms with E-state index in [0.29, 0.717) is 6.61 Å². The van der Waals surface area contributed by atoms with Crippen LogP contribution in [0.25, 0.3) is 0 Å².